The molecule has 1 unspecified atom stereocenters. The second-order valence-corrected chi connectivity index (χ2v) is 4.31. The fourth-order valence-corrected chi connectivity index (χ4v) is 1.68. The van der Waals surface area contributed by atoms with Gasteiger partial charge in [-0.3, -0.25) is 4.79 Å². The highest BCUT2D eigenvalue weighted by Gasteiger charge is 2.21. The molecular formula is C14H20N2O3. The van der Waals surface area contributed by atoms with Crippen LogP contribution < -0.4 is 11.1 Å². The minimum atomic E-state index is -0.602. The van der Waals surface area contributed by atoms with E-state index in [-0.39, 0.29) is 5.91 Å². The van der Waals surface area contributed by atoms with Crippen LogP contribution in [-0.4, -0.2) is 25.0 Å². The van der Waals surface area contributed by atoms with Gasteiger partial charge in [0.2, 0.25) is 0 Å². The van der Waals surface area contributed by atoms with Gasteiger partial charge in [-0.15, -0.1) is 0 Å². The first-order valence-electron chi connectivity index (χ1n) is 6.32. The molecular weight excluding hydrogens is 244 g/mol. The number of carbonyl (C=O) groups excluding carboxylic acids is 2. The van der Waals surface area contributed by atoms with Gasteiger partial charge in [0.05, 0.1) is 7.11 Å². The number of methoxy groups -OCH3 is 1. The number of anilines is 1. The van der Waals surface area contributed by atoms with Crippen molar-refractivity contribution in [2.75, 3.05) is 12.8 Å². The normalized spacial score (nSPS) is 11.7. The number of nitrogen functional groups attached to an aromatic ring is 1. The van der Waals surface area contributed by atoms with Gasteiger partial charge in [0.1, 0.15) is 6.04 Å². The molecule has 5 heteroatoms. The summed E-state index contributed by atoms with van der Waals surface area (Å²) in [5.74, 6) is -0.719. The summed E-state index contributed by atoms with van der Waals surface area (Å²) in [5.41, 5.74) is 6.62. The minimum absolute atomic E-state index is 0.300. The maximum Gasteiger partial charge on any atom is 0.328 e. The Morgan fingerprint density at radius 2 is 1.95 bits per heavy atom. The van der Waals surface area contributed by atoms with Crippen molar-refractivity contribution in [1.82, 2.24) is 5.32 Å². The van der Waals surface area contributed by atoms with Gasteiger partial charge in [0, 0.05) is 11.3 Å². The second kappa shape index (κ2) is 7.41. The third kappa shape index (κ3) is 4.62. The number of nitrogens with two attached hydrogens (primary N) is 1. The molecule has 1 aromatic carbocycles. The lowest BCUT2D eigenvalue weighted by Gasteiger charge is -2.16. The summed E-state index contributed by atoms with van der Waals surface area (Å²) in [5, 5.41) is 2.68. The Labute approximate surface area is 113 Å². The lowest BCUT2D eigenvalue weighted by atomic mass is 10.1. The van der Waals surface area contributed by atoms with Crippen molar-refractivity contribution in [3.8, 4) is 0 Å². The van der Waals surface area contributed by atoms with Crippen molar-refractivity contribution in [2.24, 2.45) is 0 Å². The Morgan fingerprint density at radius 3 is 2.47 bits per heavy atom. The number of rotatable bonds is 6. The predicted molar refractivity (Wildman–Crippen MR) is 73.6 cm³/mol. The predicted octanol–water partition coefficient (Wildman–Crippen LogP) is 1.73. The van der Waals surface area contributed by atoms with E-state index in [0.717, 1.165) is 12.8 Å². The number of unbranched alkanes of at least 4 members (excludes halogenated alkanes) is 1. The summed E-state index contributed by atoms with van der Waals surface area (Å²) in [4.78, 5) is 23.6. The van der Waals surface area contributed by atoms with Gasteiger partial charge in [-0.2, -0.15) is 0 Å². The number of carbonyl (C=O) groups is 2. The summed E-state index contributed by atoms with van der Waals surface area (Å²) < 4.78 is 4.69. The number of hydrogen-bond acceptors (Lipinski definition) is 4. The molecule has 1 aromatic rings. The van der Waals surface area contributed by atoms with Crippen LogP contribution in [0.2, 0.25) is 0 Å². The highest BCUT2D eigenvalue weighted by atomic mass is 16.5. The van der Waals surface area contributed by atoms with Gasteiger partial charge in [-0.25, -0.2) is 4.79 Å². The van der Waals surface area contributed by atoms with E-state index >= 15 is 0 Å². The molecule has 0 bridgehead atoms. The Morgan fingerprint density at radius 1 is 1.32 bits per heavy atom. The summed E-state index contributed by atoms with van der Waals surface area (Å²) >= 11 is 0. The molecule has 0 aliphatic rings. The van der Waals surface area contributed by atoms with Gasteiger partial charge in [-0.1, -0.05) is 19.8 Å². The highest BCUT2D eigenvalue weighted by Crippen LogP contribution is 2.08. The third-order valence-electron chi connectivity index (χ3n) is 2.81. The quantitative estimate of drug-likeness (QED) is 0.605. The fourth-order valence-electron chi connectivity index (χ4n) is 1.68. The zero-order valence-corrected chi connectivity index (χ0v) is 11.3. The molecule has 19 heavy (non-hydrogen) atoms. The van der Waals surface area contributed by atoms with Crippen molar-refractivity contribution in [2.45, 2.75) is 32.2 Å². The van der Waals surface area contributed by atoms with Gasteiger partial charge < -0.3 is 15.8 Å². The van der Waals surface area contributed by atoms with Gasteiger partial charge >= 0.3 is 5.97 Å². The maximum atomic E-state index is 12.0. The van der Waals surface area contributed by atoms with Crippen LogP contribution in [0.3, 0.4) is 0 Å². The van der Waals surface area contributed by atoms with Gasteiger partial charge in [0.15, 0.2) is 0 Å². The third-order valence-corrected chi connectivity index (χ3v) is 2.81. The van der Waals surface area contributed by atoms with Gasteiger partial charge in [0.25, 0.3) is 5.91 Å². The molecule has 3 N–H and O–H groups in total. The molecule has 1 atom stereocenters. The first kappa shape index (κ1) is 15.0. The molecule has 1 rings (SSSR count). The fraction of sp³-hybridized carbons (Fsp3) is 0.429. The van der Waals surface area contributed by atoms with Crippen LogP contribution in [0.1, 0.15) is 36.5 Å². The second-order valence-electron chi connectivity index (χ2n) is 4.31. The number of nitrogens with one attached hydrogen (secondary N) is 1. The zero-order valence-electron chi connectivity index (χ0n) is 11.3. The average Bonchev–Trinajstić information content (AvgIpc) is 2.43. The molecule has 0 aromatic heterocycles. The Bertz CT molecular complexity index is 429. The molecule has 0 aliphatic carbocycles. The highest BCUT2D eigenvalue weighted by molar-refractivity contribution is 5.97. The molecule has 0 fully saturated rings. The van der Waals surface area contributed by atoms with E-state index in [1.165, 1.54) is 7.11 Å². The monoisotopic (exact) mass is 264 g/mol. The molecule has 0 aliphatic heterocycles. The van der Waals surface area contributed by atoms with Crippen molar-refractivity contribution in [3.63, 3.8) is 0 Å². The average molecular weight is 264 g/mol. The van der Waals surface area contributed by atoms with Crippen LogP contribution in [0.5, 0.6) is 0 Å². The van der Waals surface area contributed by atoms with Crippen molar-refractivity contribution in [3.05, 3.63) is 29.8 Å². The van der Waals surface area contributed by atoms with Crippen LogP contribution in [0.25, 0.3) is 0 Å². The van der Waals surface area contributed by atoms with Crippen molar-refractivity contribution in [1.29, 1.82) is 0 Å². The lowest BCUT2D eigenvalue weighted by molar-refractivity contribution is -0.143. The Hall–Kier alpha value is -2.04. The number of amides is 1. The molecule has 5 nitrogen and oxygen atoms in total. The number of benzene rings is 1. The van der Waals surface area contributed by atoms with Gasteiger partial charge in [-0.05, 0) is 30.7 Å². The van der Waals surface area contributed by atoms with E-state index in [4.69, 9.17) is 10.5 Å². The maximum absolute atomic E-state index is 12.0. The van der Waals surface area contributed by atoms with E-state index in [9.17, 15) is 9.59 Å². The topological polar surface area (TPSA) is 81.4 Å². The first-order valence-corrected chi connectivity index (χ1v) is 6.32. The van der Waals surface area contributed by atoms with E-state index in [1.807, 2.05) is 6.92 Å². The standard InChI is InChI=1S/C14H20N2O3/c1-3-4-5-12(14(18)19-2)16-13(17)10-6-8-11(15)9-7-10/h6-9,12H,3-5,15H2,1-2H3,(H,16,17). The summed E-state index contributed by atoms with van der Waals surface area (Å²) in [6.07, 6.45) is 2.37. The number of esters is 1. The van der Waals surface area contributed by atoms with Crippen LogP contribution in [0.15, 0.2) is 24.3 Å². The Kier molecular flexibility index (Phi) is 5.85. The van der Waals surface area contributed by atoms with E-state index in [0.29, 0.717) is 17.7 Å². The summed E-state index contributed by atoms with van der Waals surface area (Å²) in [6, 6.07) is 5.94. The van der Waals surface area contributed by atoms with Crippen molar-refractivity contribution < 1.29 is 14.3 Å². The van der Waals surface area contributed by atoms with Crippen LogP contribution in [0.4, 0.5) is 5.69 Å². The molecule has 0 spiro atoms. The van der Waals surface area contributed by atoms with E-state index in [1.54, 1.807) is 24.3 Å². The minimum Gasteiger partial charge on any atom is -0.467 e. The molecule has 0 heterocycles. The number of hydrogen-bond donors (Lipinski definition) is 2. The molecule has 0 saturated heterocycles. The van der Waals surface area contributed by atoms with Crippen molar-refractivity contribution >= 4 is 17.6 Å². The molecule has 0 saturated carbocycles. The largest absolute Gasteiger partial charge is 0.467 e. The number of ether oxygens (including phenoxy) is 1. The van der Waals surface area contributed by atoms with Crippen LogP contribution >= 0.6 is 0 Å². The Balaban J connectivity index is 2.69. The van der Waals surface area contributed by atoms with Crippen LogP contribution in [0, 0.1) is 0 Å². The van der Waals surface area contributed by atoms with Crippen LogP contribution in [-0.2, 0) is 9.53 Å². The summed E-state index contributed by atoms with van der Waals surface area (Å²) in [7, 11) is 1.32. The summed E-state index contributed by atoms with van der Waals surface area (Å²) in [6.45, 7) is 2.02. The smallest absolute Gasteiger partial charge is 0.328 e. The molecule has 0 radical (unpaired) electrons. The van der Waals surface area contributed by atoms with E-state index < -0.39 is 12.0 Å². The first-order chi connectivity index (χ1) is 9.08. The lowest BCUT2D eigenvalue weighted by Crippen LogP contribution is -2.41. The van der Waals surface area contributed by atoms with E-state index in [2.05, 4.69) is 5.32 Å². The SMILES string of the molecule is CCCCC(NC(=O)c1ccc(N)cc1)C(=O)OC. The zero-order chi connectivity index (χ0) is 14.3. The molecule has 104 valence electrons. The molecule has 1 amide bonds.